The average Bonchev–Trinajstić information content (AvgIpc) is 2.78. The van der Waals surface area contributed by atoms with E-state index in [-0.39, 0.29) is 22.3 Å². The van der Waals surface area contributed by atoms with Gasteiger partial charge in [-0.05, 0) is 58.1 Å². The van der Waals surface area contributed by atoms with Gasteiger partial charge >= 0.3 is 10.1 Å². The fourth-order valence-electron chi connectivity index (χ4n) is 2.99. The van der Waals surface area contributed by atoms with Crippen LogP contribution in [-0.2, 0) is 10.1 Å². The molecule has 0 radical (unpaired) electrons. The van der Waals surface area contributed by atoms with Crippen LogP contribution >= 0.6 is 15.9 Å². The third-order valence-corrected chi connectivity index (χ3v) is 6.24. The van der Waals surface area contributed by atoms with Crippen LogP contribution in [0.3, 0.4) is 0 Å². The summed E-state index contributed by atoms with van der Waals surface area (Å²) in [5.74, 6) is 0.108. The van der Waals surface area contributed by atoms with Gasteiger partial charge in [-0.2, -0.15) is 8.42 Å². The number of rotatable bonds is 3. The lowest BCUT2D eigenvalue weighted by atomic mass is 9.98. The van der Waals surface area contributed by atoms with Crippen molar-refractivity contribution in [1.29, 1.82) is 0 Å². The predicted molar refractivity (Wildman–Crippen MR) is 90.5 cm³/mol. The standard InChI is InChI=1S/C17H15BrO4S/c1-10-7-8-14(17-13(19)9-11(2)16(10)17)22-23(20,21)15-6-4-3-5-12(15)18/h3-8,11H,9H2,1-2H3. The topological polar surface area (TPSA) is 60.4 Å². The van der Waals surface area contributed by atoms with Crippen molar-refractivity contribution < 1.29 is 17.4 Å². The zero-order valence-corrected chi connectivity index (χ0v) is 15.1. The SMILES string of the molecule is Cc1ccc(OS(=O)(=O)c2ccccc2Br)c2c1C(C)CC2=O. The van der Waals surface area contributed by atoms with Crippen LogP contribution in [0.15, 0.2) is 45.8 Å². The number of hydrogen-bond acceptors (Lipinski definition) is 4. The van der Waals surface area contributed by atoms with Gasteiger partial charge < -0.3 is 4.18 Å². The largest absolute Gasteiger partial charge is 0.378 e. The molecule has 0 fully saturated rings. The minimum Gasteiger partial charge on any atom is -0.378 e. The second kappa shape index (κ2) is 5.76. The van der Waals surface area contributed by atoms with Crippen LogP contribution in [0.2, 0.25) is 0 Å². The number of ketones is 1. The maximum absolute atomic E-state index is 12.5. The summed E-state index contributed by atoms with van der Waals surface area (Å²) in [4.78, 5) is 12.3. The van der Waals surface area contributed by atoms with Gasteiger partial charge in [0.2, 0.25) is 0 Å². The lowest BCUT2D eigenvalue weighted by molar-refractivity contribution is 0.0989. The molecule has 4 nitrogen and oxygen atoms in total. The Hall–Kier alpha value is -1.66. The molecule has 1 aliphatic carbocycles. The first-order valence-electron chi connectivity index (χ1n) is 7.17. The Balaban J connectivity index is 2.09. The van der Waals surface area contributed by atoms with E-state index in [0.717, 1.165) is 11.1 Å². The number of benzene rings is 2. The molecule has 120 valence electrons. The van der Waals surface area contributed by atoms with Gasteiger partial charge in [-0.25, -0.2) is 0 Å². The molecule has 0 aliphatic heterocycles. The molecule has 3 rings (SSSR count). The van der Waals surface area contributed by atoms with E-state index in [4.69, 9.17) is 4.18 Å². The summed E-state index contributed by atoms with van der Waals surface area (Å²) in [6.07, 6.45) is 0.381. The van der Waals surface area contributed by atoms with Gasteiger partial charge in [0.25, 0.3) is 0 Å². The fraction of sp³-hybridized carbons (Fsp3) is 0.235. The summed E-state index contributed by atoms with van der Waals surface area (Å²) in [5.41, 5.74) is 2.26. The minimum absolute atomic E-state index is 0.0350. The summed E-state index contributed by atoms with van der Waals surface area (Å²) >= 11 is 3.21. The second-order valence-electron chi connectivity index (χ2n) is 5.67. The molecule has 1 aliphatic rings. The van der Waals surface area contributed by atoms with Gasteiger partial charge in [0, 0.05) is 10.9 Å². The van der Waals surface area contributed by atoms with E-state index in [1.807, 2.05) is 13.8 Å². The fourth-order valence-corrected chi connectivity index (χ4v) is 4.89. The number of halogens is 1. The highest BCUT2D eigenvalue weighted by Gasteiger charge is 2.33. The Bertz CT molecular complexity index is 903. The summed E-state index contributed by atoms with van der Waals surface area (Å²) in [7, 11) is -4.02. The maximum atomic E-state index is 12.5. The number of carbonyl (C=O) groups excluding carboxylic acids is 1. The Morgan fingerprint density at radius 1 is 1.17 bits per heavy atom. The first-order chi connectivity index (χ1) is 10.8. The summed E-state index contributed by atoms with van der Waals surface area (Å²) < 4.78 is 30.8. The van der Waals surface area contributed by atoms with Crippen molar-refractivity contribution in [3.63, 3.8) is 0 Å². The molecular formula is C17H15BrO4S. The molecule has 1 atom stereocenters. The van der Waals surface area contributed by atoms with Crippen LogP contribution in [0, 0.1) is 6.92 Å². The van der Waals surface area contributed by atoms with Crippen LogP contribution in [0.1, 0.15) is 40.7 Å². The Morgan fingerprint density at radius 3 is 2.57 bits per heavy atom. The number of Topliss-reactive ketones (excluding diaryl/α,β-unsaturated/α-hetero) is 1. The highest BCUT2D eigenvalue weighted by molar-refractivity contribution is 9.10. The Morgan fingerprint density at radius 2 is 1.87 bits per heavy atom. The van der Waals surface area contributed by atoms with Crippen molar-refractivity contribution in [2.75, 3.05) is 0 Å². The van der Waals surface area contributed by atoms with Crippen LogP contribution in [0.4, 0.5) is 0 Å². The number of aryl methyl sites for hydroxylation is 1. The summed E-state index contributed by atoms with van der Waals surface area (Å²) in [6.45, 7) is 3.88. The molecule has 0 heterocycles. The highest BCUT2D eigenvalue weighted by Crippen LogP contribution is 2.41. The van der Waals surface area contributed by atoms with Gasteiger partial charge in [-0.1, -0.05) is 25.1 Å². The molecule has 0 saturated heterocycles. The molecule has 2 aromatic carbocycles. The van der Waals surface area contributed by atoms with E-state index >= 15 is 0 Å². The lowest BCUT2D eigenvalue weighted by Gasteiger charge is -2.13. The zero-order chi connectivity index (χ0) is 16.8. The van der Waals surface area contributed by atoms with E-state index in [2.05, 4.69) is 15.9 Å². The van der Waals surface area contributed by atoms with Gasteiger partial charge in [0.1, 0.15) is 4.90 Å². The maximum Gasteiger partial charge on any atom is 0.340 e. The molecule has 0 aromatic heterocycles. The van der Waals surface area contributed by atoms with Gasteiger partial charge in [0.15, 0.2) is 11.5 Å². The average molecular weight is 395 g/mol. The van der Waals surface area contributed by atoms with Crippen molar-refractivity contribution in [3.05, 3.63) is 57.6 Å². The zero-order valence-electron chi connectivity index (χ0n) is 12.7. The van der Waals surface area contributed by atoms with Crippen LogP contribution in [-0.4, -0.2) is 14.2 Å². The smallest absolute Gasteiger partial charge is 0.340 e. The van der Waals surface area contributed by atoms with E-state index in [9.17, 15) is 13.2 Å². The number of carbonyl (C=O) groups is 1. The molecule has 1 unspecified atom stereocenters. The van der Waals surface area contributed by atoms with Gasteiger partial charge in [0.05, 0.1) is 5.56 Å². The molecule has 2 aromatic rings. The third-order valence-electron chi connectivity index (χ3n) is 3.99. The number of fused-ring (bicyclic) bond motifs is 1. The molecular weight excluding hydrogens is 380 g/mol. The van der Waals surface area contributed by atoms with Crippen molar-refractivity contribution >= 4 is 31.8 Å². The van der Waals surface area contributed by atoms with Crippen molar-refractivity contribution in [1.82, 2.24) is 0 Å². The van der Waals surface area contributed by atoms with Gasteiger partial charge in [-0.15, -0.1) is 0 Å². The minimum atomic E-state index is -4.02. The van der Waals surface area contributed by atoms with Crippen LogP contribution < -0.4 is 4.18 Å². The molecule has 0 N–H and O–H groups in total. The van der Waals surface area contributed by atoms with Crippen molar-refractivity contribution in [3.8, 4) is 5.75 Å². The van der Waals surface area contributed by atoms with Crippen LogP contribution in [0.25, 0.3) is 0 Å². The third kappa shape index (κ3) is 2.81. The molecule has 23 heavy (non-hydrogen) atoms. The quantitative estimate of drug-likeness (QED) is 0.731. The molecule has 0 saturated carbocycles. The first kappa shape index (κ1) is 16.2. The predicted octanol–water partition coefficient (Wildman–Crippen LogP) is 4.22. The monoisotopic (exact) mass is 394 g/mol. The molecule has 6 heteroatoms. The van der Waals surface area contributed by atoms with Crippen molar-refractivity contribution in [2.45, 2.75) is 31.1 Å². The van der Waals surface area contributed by atoms with Gasteiger partial charge in [-0.3, -0.25) is 4.79 Å². The van der Waals surface area contributed by atoms with Crippen LogP contribution in [0.5, 0.6) is 5.75 Å². The molecule has 0 spiro atoms. The molecule has 0 amide bonds. The highest BCUT2D eigenvalue weighted by atomic mass is 79.9. The van der Waals surface area contributed by atoms with E-state index in [0.29, 0.717) is 16.5 Å². The second-order valence-corrected chi connectivity index (χ2v) is 8.03. The molecule has 0 bridgehead atoms. The normalized spacial score (nSPS) is 17.2. The van der Waals surface area contributed by atoms with E-state index in [1.165, 1.54) is 6.07 Å². The number of hydrogen-bond donors (Lipinski definition) is 0. The van der Waals surface area contributed by atoms with E-state index in [1.54, 1.807) is 30.3 Å². The Kier molecular flexibility index (Phi) is 4.06. The van der Waals surface area contributed by atoms with E-state index < -0.39 is 10.1 Å². The summed E-state index contributed by atoms with van der Waals surface area (Å²) in [5, 5.41) is 0. The first-order valence-corrected chi connectivity index (χ1v) is 9.37. The Labute approximate surface area is 143 Å². The van der Waals surface area contributed by atoms with Crippen molar-refractivity contribution in [2.24, 2.45) is 0 Å². The summed E-state index contributed by atoms with van der Waals surface area (Å²) in [6, 6.07) is 9.77. The lowest BCUT2D eigenvalue weighted by Crippen LogP contribution is -2.12.